The second-order valence-corrected chi connectivity index (χ2v) is 11.0. The fraction of sp³-hybridized carbons (Fsp3) is 0.269. The highest BCUT2D eigenvalue weighted by Gasteiger charge is 2.31. The number of likely N-dealkylation sites (tertiary alicyclic amines) is 1. The Kier molecular flexibility index (Phi) is 6.44. The number of amides is 1. The van der Waals surface area contributed by atoms with Gasteiger partial charge in [-0.05, 0) is 42.8 Å². The standard InChI is InChI=1S/C26H26N4O6S/c1-30-22(7-9-25(30)31)18-12-20-16(10-21(29-20)19-6-4-15(13-27-19)26(32)35-2)11-23(18)36-17-5-8-24(28-14-17)37(3,33)34/h4-6,8,10-14,22,26,29,32H,7,9H2,1-3H3. The van der Waals surface area contributed by atoms with Crippen molar-refractivity contribution in [3.8, 4) is 22.9 Å². The number of hydrogen-bond donors (Lipinski definition) is 2. The first-order valence-electron chi connectivity index (χ1n) is 11.6. The molecule has 2 atom stereocenters. The third kappa shape index (κ3) is 4.93. The zero-order valence-corrected chi connectivity index (χ0v) is 21.3. The van der Waals surface area contributed by atoms with E-state index >= 15 is 0 Å². The Hall–Kier alpha value is -3.80. The first-order chi connectivity index (χ1) is 17.6. The minimum Gasteiger partial charge on any atom is -0.455 e. The molecule has 0 spiro atoms. The van der Waals surface area contributed by atoms with Gasteiger partial charge in [-0.3, -0.25) is 9.78 Å². The van der Waals surface area contributed by atoms with Gasteiger partial charge in [0.05, 0.1) is 23.6 Å². The second-order valence-electron chi connectivity index (χ2n) is 8.99. The summed E-state index contributed by atoms with van der Waals surface area (Å²) in [6.07, 6.45) is 4.08. The van der Waals surface area contributed by atoms with Crippen molar-refractivity contribution in [2.75, 3.05) is 20.4 Å². The molecule has 0 bridgehead atoms. The number of H-pyrrole nitrogens is 1. The van der Waals surface area contributed by atoms with E-state index in [0.29, 0.717) is 35.6 Å². The van der Waals surface area contributed by atoms with Crippen LogP contribution in [0.15, 0.2) is 59.9 Å². The van der Waals surface area contributed by atoms with Crippen molar-refractivity contribution in [1.82, 2.24) is 19.9 Å². The molecule has 2 unspecified atom stereocenters. The Balaban J connectivity index is 1.54. The highest BCUT2D eigenvalue weighted by molar-refractivity contribution is 7.90. The molecule has 1 fully saturated rings. The SMILES string of the molecule is COC(O)c1ccc(-c2cc3cc(Oc4ccc(S(C)(=O)=O)nc4)c(C4CCC(=O)N4C)cc3[nH]2)nc1. The van der Waals surface area contributed by atoms with Crippen LogP contribution in [-0.4, -0.2) is 59.7 Å². The van der Waals surface area contributed by atoms with Crippen LogP contribution in [0.3, 0.4) is 0 Å². The van der Waals surface area contributed by atoms with Crippen molar-refractivity contribution in [3.05, 3.63) is 66.0 Å². The fourth-order valence-electron chi connectivity index (χ4n) is 4.45. The summed E-state index contributed by atoms with van der Waals surface area (Å²) in [7, 11) is -0.240. The number of fused-ring (bicyclic) bond motifs is 1. The van der Waals surface area contributed by atoms with Crippen LogP contribution in [0.1, 0.15) is 36.3 Å². The van der Waals surface area contributed by atoms with Crippen LogP contribution in [-0.2, 0) is 19.4 Å². The van der Waals surface area contributed by atoms with Gasteiger partial charge in [-0.25, -0.2) is 13.4 Å². The number of nitrogens with zero attached hydrogens (tertiary/aromatic N) is 3. The maximum absolute atomic E-state index is 12.3. The molecule has 1 aromatic carbocycles. The largest absolute Gasteiger partial charge is 0.455 e. The Bertz CT molecular complexity index is 1570. The summed E-state index contributed by atoms with van der Waals surface area (Å²) < 4.78 is 34.6. The highest BCUT2D eigenvalue weighted by Crippen LogP contribution is 2.41. The van der Waals surface area contributed by atoms with E-state index in [1.165, 1.54) is 19.4 Å². The van der Waals surface area contributed by atoms with Crippen LogP contribution in [0.2, 0.25) is 0 Å². The Labute approximate surface area is 213 Å². The molecule has 4 heterocycles. The zero-order chi connectivity index (χ0) is 26.3. The van der Waals surface area contributed by atoms with E-state index in [-0.39, 0.29) is 17.0 Å². The summed E-state index contributed by atoms with van der Waals surface area (Å²) in [5.74, 6) is 0.986. The Morgan fingerprint density at radius 2 is 1.95 bits per heavy atom. The summed E-state index contributed by atoms with van der Waals surface area (Å²) in [4.78, 5) is 25.8. The maximum Gasteiger partial charge on any atom is 0.222 e. The lowest BCUT2D eigenvalue weighted by Crippen LogP contribution is -2.22. The van der Waals surface area contributed by atoms with Crippen LogP contribution < -0.4 is 4.74 Å². The van der Waals surface area contributed by atoms with Crippen LogP contribution in [0.4, 0.5) is 0 Å². The minimum atomic E-state index is -3.43. The Morgan fingerprint density at radius 1 is 1.14 bits per heavy atom. The molecule has 5 rings (SSSR count). The van der Waals surface area contributed by atoms with Gasteiger partial charge in [0.2, 0.25) is 5.91 Å². The van der Waals surface area contributed by atoms with Gasteiger partial charge in [-0.1, -0.05) is 6.07 Å². The molecular formula is C26H26N4O6S. The number of carbonyl (C=O) groups excluding carboxylic acids is 1. The summed E-state index contributed by atoms with van der Waals surface area (Å²) in [6, 6.07) is 12.1. The smallest absolute Gasteiger partial charge is 0.222 e. The molecule has 37 heavy (non-hydrogen) atoms. The number of hydrogen-bond acceptors (Lipinski definition) is 8. The number of rotatable bonds is 7. The van der Waals surface area contributed by atoms with E-state index < -0.39 is 16.1 Å². The lowest BCUT2D eigenvalue weighted by atomic mass is 10.0. The van der Waals surface area contributed by atoms with E-state index in [2.05, 4.69) is 15.0 Å². The fourth-order valence-corrected chi connectivity index (χ4v) is 5.01. The van der Waals surface area contributed by atoms with Crippen LogP contribution in [0.5, 0.6) is 11.5 Å². The van der Waals surface area contributed by atoms with Crippen LogP contribution in [0, 0.1) is 0 Å². The summed E-state index contributed by atoms with van der Waals surface area (Å²) in [5, 5.41) is 10.7. The predicted octanol–water partition coefficient (Wildman–Crippen LogP) is 3.75. The third-order valence-electron chi connectivity index (χ3n) is 6.49. The molecule has 1 saturated heterocycles. The number of aromatic nitrogens is 3. The van der Waals surface area contributed by atoms with Crippen LogP contribution >= 0.6 is 0 Å². The van der Waals surface area contributed by atoms with Crippen molar-refractivity contribution in [1.29, 1.82) is 0 Å². The van der Waals surface area contributed by atoms with Crippen molar-refractivity contribution in [3.63, 3.8) is 0 Å². The number of pyridine rings is 2. The number of carbonyl (C=O) groups is 1. The van der Waals surface area contributed by atoms with E-state index in [0.717, 1.165) is 28.4 Å². The molecule has 3 aromatic heterocycles. The number of ether oxygens (including phenoxy) is 2. The molecule has 1 aliphatic rings. The first-order valence-corrected chi connectivity index (χ1v) is 13.5. The number of aromatic amines is 1. The molecule has 11 heteroatoms. The summed E-state index contributed by atoms with van der Waals surface area (Å²) >= 11 is 0. The number of aliphatic hydroxyl groups excluding tert-OH is 1. The van der Waals surface area contributed by atoms with Crippen molar-refractivity contribution in [2.24, 2.45) is 0 Å². The Morgan fingerprint density at radius 3 is 2.54 bits per heavy atom. The number of methoxy groups -OCH3 is 1. The number of sulfone groups is 1. The average Bonchev–Trinajstić information content (AvgIpc) is 3.45. The first kappa shape index (κ1) is 24.9. The molecule has 4 aromatic rings. The molecule has 0 saturated carbocycles. The summed E-state index contributed by atoms with van der Waals surface area (Å²) in [5.41, 5.74) is 3.67. The predicted molar refractivity (Wildman–Crippen MR) is 136 cm³/mol. The van der Waals surface area contributed by atoms with Gasteiger partial charge < -0.3 is 24.5 Å². The molecule has 10 nitrogen and oxygen atoms in total. The molecule has 0 radical (unpaired) electrons. The second kappa shape index (κ2) is 9.58. The van der Waals surface area contributed by atoms with Gasteiger partial charge in [0.1, 0.15) is 11.5 Å². The minimum absolute atomic E-state index is 0.0385. The molecule has 2 N–H and O–H groups in total. The van der Waals surface area contributed by atoms with Gasteiger partial charge in [0, 0.05) is 55.1 Å². The van der Waals surface area contributed by atoms with Gasteiger partial charge in [-0.15, -0.1) is 0 Å². The van der Waals surface area contributed by atoms with E-state index in [9.17, 15) is 18.3 Å². The van der Waals surface area contributed by atoms with Gasteiger partial charge >= 0.3 is 0 Å². The molecule has 1 amide bonds. The van der Waals surface area contributed by atoms with E-state index in [1.54, 1.807) is 36.3 Å². The zero-order valence-electron chi connectivity index (χ0n) is 20.5. The van der Waals surface area contributed by atoms with Gasteiger partial charge in [0.15, 0.2) is 21.2 Å². The van der Waals surface area contributed by atoms with E-state index in [4.69, 9.17) is 9.47 Å². The topological polar surface area (TPSA) is 135 Å². The maximum atomic E-state index is 12.3. The molecular weight excluding hydrogens is 496 g/mol. The monoisotopic (exact) mass is 522 g/mol. The number of benzene rings is 1. The molecule has 0 aliphatic carbocycles. The highest BCUT2D eigenvalue weighted by atomic mass is 32.2. The van der Waals surface area contributed by atoms with Gasteiger partial charge in [-0.2, -0.15) is 0 Å². The lowest BCUT2D eigenvalue weighted by molar-refractivity contribution is -0.127. The van der Waals surface area contributed by atoms with Crippen molar-refractivity contribution < 1.29 is 27.8 Å². The normalized spacial score (nSPS) is 16.9. The average molecular weight is 523 g/mol. The number of nitrogens with one attached hydrogen (secondary N) is 1. The third-order valence-corrected chi connectivity index (χ3v) is 7.49. The van der Waals surface area contributed by atoms with Gasteiger partial charge in [0.25, 0.3) is 0 Å². The lowest BCUT2D eigenvalue weighted by Gasteiger charge is -2.23. The van der Waals surface area contributed by atoms with Crippen molar-refractivity contribution >= 4 is 26.6 Å². The summed E-state index contributed by atoms with van der Waals surface area (Å²) in [6.45, 7) is 0. The molecule has 1 aliphatic heterocycles. The number of aliphatic hydroxyl groups is 1. The van der Waals surface area contributed by atoms with Crippen LogP contribution in [0.25, 0.3) is 22.3 Å². The van der Waals surface area contributed by atoms with Crippen molar-refractivity contribution in [2.45, 2.75) is 30.2 Å². The molecule has 192 valence electrons. The van der Waals surface area contributed by atoms with E-state index in [1.807, 2.05) is 18.2 Å². The quantitative estimate of drug-likeness (QED) is 0.351.